The summed E-state index contributed by atoms with van der Waals surface area (Å²) in [5.41, 5.74) is 2.53. The maximum atomic E-state index is 13.3. The van der Waals surface area contributed by atoms with Crippen molar-refractivity contribution in [2.75, 3.05) is 6.61 Å². The molecular weight excluding hydrogens is 267 g/mol. The van der Waals surface area contributed by atoms with Gasteiger partial charge in [0.15, 0.2) is 0 Å². The Hall–Kier alpha value is -2.31. The minimum Gasteiger partial charge on any atom is -0.489 e. The van der Waals surface area contributed by atoms with Crippen molar-refractivity contribution in [2.24, 2.45) is 0 Å². The van der Waals surface area contributed by atoms with Gasteiger partial charge >= 0.3 is 0 Å². The Labute approximate surface area is 124 Å². The lowest BCUT2D eigenvalue weighted by atomic mass is 10.1. The van der Waals surface area contributed by atoms with Crippen molar-refractivity contribution in [1.82, 2.24) is 0 Å². The molecule has 0 radical (unpaired) electrons. The summed E-state index contributed by atoms with van der Waals surface area (Å²) in [4.78, 5) is 0. The van der Waals surface area contributed by atoms with Crippen molar-refractivity contribution < 1.29 is 14.2 Å². The van der Waals surface area contributed by atoms with Crippen LogP contribution in [0, 0.1) is 17.7 Å². The number of aliphatic hydroxyl groups is 1. The van der Waals surface area contributed by atoms with E-state index in [4.69, 9.17) is 9.84 Å². The molecular formula is C18H17FO2. The highest BCUT2D eigenvalue weighted by molar-refractivity contribution is 5.42. The standard InChI is InChI=1S/C18H17FO2/c1-2-14-5-3-7-18(11-14)21-13-16-8-9-17(19)12-15(16)6-4-10-20/h3,5,7-9,11-12,20H,2,10,13H2,1H3. The van der Waals surface area contributed by atoms with E-state index < -0.39 is 0 Å². The molecule has 2 aromatic carbocycles. The first kappa shape index (κ1) is 15.1. The number of aliphatic hydroxyl groups excluding tert-OH is 1. The van der Waals surface area contributed by atoms with Gasteiger partial charge in [0, 0.05) is 11.1 Å². The van der Waals surface area contributed by atoms with Crippen molar-refractivity contribution >= 4 is 0 Å². The maximum absolute atomic E-state index is 13.3. The first-order valence-electron chi connectivity index (χ1n) is 6.83. The van der Waals surface area contributed by atoms with Gasteiger partial charge in [-0.3, -0.25) is 0 Å². The molecule has 0 unspecified atom stereocenters. The summed E-state index contributed by atoms with van der Waals surface area (Å²) in [6, 6.07) is 12.3. The molecule has 0 saturated carbocycles. The molecule has 21 heavy (non-hydrogen) atoms. The highest BCUT2D eigenvalue weighted by Crippen LogP contribution is 2.17. The van der Waals surface area contributed by atoms with Gasteiger partial charge in [-0.05, 0) is 36.2 Å². The molecule has 0 bridgehead atoms. The van der Waals surface area contributed by atoms with E-state index in [0.717, 1.165) is 17.7 Å². The summed E-state index contributed by atoms with van der Waals surface area (Å²) in [6.07, 6.45) is 0.945. The topological polar surface area (TPSA) is 29.5 Å². The van der Waals surface area contributed by atoms with Crippen molar-refractivity contribution in [3.05, 3.63) is 65.0 Å². The van der Waals surface area contributed by atoms with E-state index in [1.807, 2.05) is 24.3 Å². The summed E-state index contributed by atoms with van der Waals surface area (Å²) in [5, 5.41) is 8.75. The third kappa shape index (κ3) is 4.34. The molecule has 2 aromatic rings. The Morgan fingerprint density at radius 1 is 1.19 bits per heavy atom. The van der Waals surface area contributed by atoms with Crippen molar-refractivity contribution in [3.8, 4) is 17.6 Å². The Balaban J connectivity index is 2.15. The van der Waals surface area contributed by atoms with E-state index >= 15 is 0 Å². The molecule has 108 valence electrons. The second-order valence-corrected chi connectivity index (χ2v) is 4.55. The molecule has 0 spiro atoms. The molecule has 0 atom stereocenters. The summed E-state index contributed by atoms with van der Waals surface area (Å²) >= 11 is 0. The lowest BCUT2D eigenvalue weighted by molar-refractivity contribution is 0.305. The fourth-order valence-electron chi connectivity index (χ4n) is 1.94. The zero-order valence-electron chi connectivity index (χ0n) is 11.9. The second-order valence-electron chi connectivity index (χ2n) is 4.55. The number of ether oxygens (including phenoxy) is 1. The van der Waals surface area contributed by atoms with E-state index in [9.17, 15) is 4.39 Å². The predicted molar refractivity (Wildman–Crippen MR) is 80.5 cm³/mol. The first-order valence-corrected chi connectivity index (χ1v) is 6.83. The molecule has 0 aliphatic carbocycles. The van der Waals surface area contributed by atoms with E-state index in [1.165, 1.54) is 17.7 Å². The van der Waals surface area contributed by atoms with Crippen molar-refractivity contribution in [1.29, 1.82) is 0 Å². The van der Waals surface area contributed by atoms with Crippen molar-refractivity contribution in [3.63, 3.8) is 0 Å². The quantitative estimate of drug-likeness (QED) is 0.873. The molecule has 2 nitrogen and oxygen atoms in total. The molecule has 3 heteroatoms. The molecule has 0 aliphatic rings. The van der Waals surface area contributed by atoms with Crippen LogP contribution < -0.4 is 4.74 Å². The van der Waals surface area contributed by atoms with Gasteiger partial charge in [0.1, 0.15) is 24.8 Å². The molecule has 1 N–H and O–H groups in total. The van der Waals surface area contributed by atoms with Gasteiger partial charge in [-0.15, -0.1) is 0 Å². The third-order valence-electron chi connectivity index (χ3n) is 3.08. The summed E-state index contributed by atoms with van der Waals surface area (Å²) in [5.74, 6) is 5.70. The van der Waals surface area contributed by atoms with Crippen LogP contribution >= 0.6 is 0 Å². The average molecular weight is 284 g/mol. The van der Waals surface area contributed by atoms with Crippen LogP contribution in [0.4, 0.5) is 4.39 Å². The van der Waals surface area contributed by atoms with Gasteiger partial charge in [-0.2, -0.15) is 0 Å². The zero-order valence-corrected chi connectivity index (χ0v) is 11.9. The minimum atomic E-state index is -0.353. The predicted octanol–water partition coefficient (Wildman–Crippen LogP) is 3.31. The second kappa shape index (κ2) is 7.47. The van der Waals surface area contributed by atoms with Crippen LogP contribution in [0.15, 0.2) is 42.5 Å². The van der Waals surface area contributed by atoms with E-state index in [1.54, 1.807) is 6.07 Å². The Bertz CT molecular complexity index is 668. The molecule has 0 aliphatic heterocycles. The maximum Gasteiger partial charge on any atom is 0.124 e. The number of hydrogen-bond acceptors (Lipinski definition) is 2. The number of aryl methyl sites for hydroxylation is 1. The van der Waals surface area contributed by atoms with Crippen LogP contribution in [0.25, 0.3) is 0 Å². The SMILES string of the molecule is CCc1cccc(OCc2ccc(F)cc2C#CCO)c1. The van der Waals surface area contributed by atoms with E-state index in [2.05, 4.69) is 18.8 Å². The lowest BCUT2D eigenvalue weighted by Crippen LogP contribution is -1.99. The average Bonchev–Trinajstić information content (AvgIpc) is 2.52. The number of halogens is 1. The summed E-state index contributed by atoms with van der Waals surface area (Å²) in [6.45, 7) is 2.14. The smallest absolute Gasteiger partial charge is 0.124 e. The number of benzene rings is 2. The fourth-order valence-corrected chi connectivity index (χ4v) is 1.94. The normalized spacial score (nSPS) is 9.86. The monoisotopic (exact) mass is 284 g/mol. The van der Waals surface area contributed by atoms with Gasteiger partial charge in [0.25, 0.3) is 0 Å². The van der Waals surface area contributed by atoms with Crippen LogP contribution in [-0.2, 0) is 13.0 Å². The van der Waals surface area contributed by atoms with Crippen LogP contribution in [0.2, 0.25) is 0 Å². The van der Waals surface area contributed by atoms with E-state index in [0.29, 0.717) is 12.2 Å². The Kier molecular flexibility index (Phi) is 5.36. The fraction of sp³-hybridized carbons (Fsp3) is 0.222. The molecule has 0 fully saturated rings. The zero-order chi connectivity index (χ0) is 15.1. The molecule has 0 amide bonds. The summed E-state index contributed by atoms with van der Waals surface area (Å²) < 4.78 is 19.0. The minimum absolute atomic E-state index is 0.255. The third-order valence-corrected chi connectivity index (χ3v) is 3.08. The number of rotatable bonds is 4. The highest BCUT2D eigenvalue weighted by atomic mass is 19.1. The van der Waals surface area contributed by atoms with Gasteiger partial charge in [0.05, 0.1) is 0 Å². The highest BCUT2D eigenvalue weighted by Gasteiger charge is 2.04. The summed E-state index contributed by atoms with van der Waals surface area (Å²) in [7, 11) is 0. The van der Waals surface area contributed by atoms with Gasteiger partial charge in [0.2, 0.25) is 0 Å². The van der Waals surface area contributed by atoms with Crippen LogP contribution in [0.1, 0.15) is 23.6 Å². The number of hydrogen-bond donors (Lipinski definition) is 1. The molecule has 2 rings (SSSR count). The lowest BCUT2D eigenvalue weighted by Gasteiger charge is -2.09. The van der Waals surface area contributed by atoms with Gasteiger partial charge < -0.3 is 9.84 Å². The molecule has 0 heterocycles. The van der Waals surface area contributed by atoms with Crippen LogP contribution in [0.3, 0.4) is 0 Å². The molecule has 0 saturated heterocycles. The van der Waals surface area contributed by atoms with Crippen LogP contribution in [0.5, 0.6) is 5.75 Å². The Morgan fingerprint density at radius 2 is 2.05 bits per heavy atom. The largest absolute Gasteiger partial charge is 0.489 e. The Morgan fingerprint density at radius 3 is 2.81 bits per heavy atom. The van der Waals surface area contributed by atoms with Crippen molar-refractivity contribution in [2.45, 2.75) is 20.0 Å². The molecule has 0 aromatic heterocycles. The van der Waals surface area contributed by atoms with Crippen LogP contribution in [-0.4, -0.2) is 11.7 Å². The van der Waals surface area contributed by atoms with E-state index in [-0.39, 0.29) is 12.4 Å². The van der Waals surface area contributed by atoms with Gasteiger partial charge in [-0.25, -0.2) is 4.39 Å². The first-order chi connectivity index (χ1) is 10.2. The van der Waals surface area contributed by atoms with Gasteiger partial charge in [-0.1, -0.05) is 37.0 Å².